The van der Waals surface area contributed by atoms with E-state index in [0.717, 1.165) is 0 Å². The first kappa shape index (κ1) is 18.4. The number of carbonyl (C=O) groups is 1. The number of aliphatic hydroxyl groups excluding tert-OH is 1. The van der Waals surface area contributed by atoms with Crippen LogP contribution in [0.15, 0.2) is 54.6 Å². The van der Waals surface area contributed by atoms with Crippen LogP contribution in [0.25, 0.3) is 0 Å². The largest absolute Gasteiger partial charge is 0.385 e. The molecule has 2 amide bonds. The number of amides is 2. The molecule has 0 heterocycles. The van der Waals surface area contributed by atoms with Crippen LogP contribution in [0.3, 0.4) is 0 Å². The fourth-order valence-electron chi connectivity index (χ4n) is 2.30. The van der Waals surface area contributed by atoms with Crippen molar-refractivity contribution < 1.29 is 18.7 Å². The summed E-state index contributed by atoms with van der Waals surface area (Å²) in [5.74, 6) is 0. The molecule has 2 aromatic rings. The highest BCUT2D eigenvalue weighted by atomic mass is 19.3. The molecule has 0 aromatic heterocycles. The van der Waals surface area contributed by atoms with Crippen molar-refractivity contribution in [2.45, 2.75) is 25.0 Å². The summed E-state index contributed by atoms with van der Waals surface area (Å²) in [4.78, 5) is 12.1. The van der Waals surface area contributed by atoms with E-state index >= 15 is 0 Å². The fourth-order valence-corrected chi connectivity index (χ4v) is 2.30. The lowest BCUT2D eigenvalue weighted by atomic mass is 10.0. The molecule has 0 aliphatic rings. The Kier molecular flexibility index (Phi) is 6.43. The molecule has 0 spiro atoms. The summed E-state index contributed by atoms with van der Waals surface area (Å²) in [6.07, 6.45) is -4.94. The van der Waals surface area contributed by atoms with Crippen LogP contribution in [0.2, 0.25) is 0 Å². The highest BCUT2D eigenvalue weighted by Gasteiger charge is 2.29. The van der Waals surface area contributed by atoms with Crippen molar-refractivity contribution in [2.24, 2.45) is 0 Å². The van der Waals surface area contributed by atoms with Crippen LogP contribution in [0.4, 0.5) is 19.3 Å². The Morgan fingerprint density at radius 3 is 2.52 bits per heavy atom. The van der Waals surface area contributed by atoms with Crippen molar-refractivity contribution in [1.29, 1.82) is 5.26 Å². The summed E-state index contributed by atoms with van der Waals surface area (Å²) in [7, 11) is 0. The summed E-state index contributed by atoms with van der Waals surface area (Å²) in [5.41, 5.74) is 1.41. The summed E-state index contributed by atoms with van der Waals surface area (Å²) < 4.78 is 25.8. The predicted molar refractivity (Wildman–Crippen MR) is 89.3 cm³/mol. The van der Waals surface area contributed by atoms with Crippen LogP contribution >= 0.6 is 0 Å². The van der Waals surface area contributed by atoms with E-state index < -0.39 is 24.6 Å². The number of nitrogens with one attached hydrogen (secondary N) is 2. The molecule has 5 nitrogen and oxygen atoms in total. The number of rotatable bonds is 6. The Morgan fingerprint density at radius 2 is 1.88 bits per heavy atom. The molecule has 0 saturated carbocycles. The van der Waals surface area contributed by atoms with E-state index in [9.17, 15) is 18.7 Å². The van der Waals surface area contributed by atoms with Crippen molar-refractivity contribution >= 4 is 11.7 Å². The smallest absolute Gasteiger partial charge is 0.319 e. The number of hydrogen-bond acceptors (Lipinski definition) is 3. The number of hydrogen-bond donors (Lipinski definition) is 3. The van der Waals surface area contributed by atoms with Gasteiger partial charge in [-0.3, -0.25) is 0 Å². The molecule has 3 N–H and O–H groups in total. The van der Waals surface area contributed by atoms with Crippen molar-refractivity contribution in [3.8, 4) is 6.07 Å². The second kappa shape index (κ2) is 8.76. The molecule has 0 saturated heterocycles. The second-order valence-corrected chi connectivity index (χ2v) is 5.41. The van der Waals surface area contributed by atoms with Gasteiger partial charge in [0.2, 0.25) is 0 Å². The predicted octanol–water partition coefficient (Wildman–Crippen LogP) is 2.92. The maximum Gasteiger partial charge on any atom is 0.319 e. The van der Waals surface area contributed by atoms with Crippen LogP contribution in [0.5, 0.6) is 0 Å². The van der Waals surface area contributed by atoms with Crippen molar-refractivity contribution in [1.82, 2.24) is 5.32 Å². The zero-order valence-electron chi connectivity index (χ0n) is 13.2. The van der Waals surface area contributed by atoms with Crippen molar-refractivity contribution in [3.63, 3.8) is 0 Å². The molecule has 0 unspecified atom stereocenters. The van der Waals surface area contributed by atoms with Gasteiger partial charge in [-0.15, -0.1) is 0 Å². The minimum atomic E-state index is -2.99. The lowest BCUT2D eigenvalue weighted by molar-refractivity contribution is -0.0232. The topological polar surface area (TPSA) is 85.2 Å². The van der Waals surface area contributed by atoms with Gasteiger partial charge < -0.3 is 15.7 Å². The molecule has 2 rings (SSSR count). The number of halogens is 2. The Balaban J connectivity index is 2.07. The number of urea groups is 1. The molecule has 130 valence electrons. The van der Waals surface area contributed by atoms with Crippen molar-refractivity contribution in [2.75, 3.05) is 5.32 Å². The Hall–Kier alpha value is -2.98. The molecule has 0 aliphatic heterocycles. The van der Waals surface area contributed by atoms with Gasteiger partial charge in [-0.1, -0.05) is 36.4 Å². The molecule has 0 bridgehead atoms. The first-order valence-corrected chi connectivity index (χ1v) is 7.57. The van der Waals surface area contributed by atoms with Crippen molar-refractivity contribution in [3.05, 3.63) is 65.7 Å². The zero-order chi connectivity index (χ0) is 18.2. The second-order valence-electron chi connectivity index (χ2n) is 5.41. The van der Waals surface area contributed by atoms with Gasteiger partial charge in [0.1, 0.15) is 6.10 Å². The summed E-state index contributed by atoms with van der Waals surface area (Å²) in [5, 5.41) is 23.4. The number of nitriles is 1. The van der Waals surface area contributed by atoms with Gasteiger partial charge in [-0.2, -0.15) is 5.26 Å². The van der Waals surface area contributed by atoms with Gasteiger partial charge in [0.05, 0.1) is 17.7 Å². The third kappa shape index (κ3) is 5.55. The average molecular weight is 345 g/mol. The van der Waals surface area contributed by atoms with Crippen LogP contribution in [0.1, 0.15) is 11.1 Å². The fraction of sp³-hybridized carbons (Fsp3) is 0.222. The lowest BCUT2D eigenvalue weighted by Crippen LogP contribution is -2.49. The monoisotopic (exact) mass is 345 g/mol. The molecule has 0 aliphatic carbocycles. The maximum atomic E-state index is 12.9. The first-order valence-electron chi connectivity index (χ1n) is 7.57. The third-order valence-corrected chi connectivity index (χ3v) is 3.53. The number of nitrogens with zero attached hydrogens (tertiary/aromatic N) is 1. The number of aliphatic hydroxyl groups is 1. The molecular weight excluding hydrogens is 328 g/mol. The number of alkyl halides is 2. The standard InChI is InChI=1S/C18H17F2N3O2/c19-17(20)16(24)15(10-12-5-2-1-3-6-12)23-18(25)22-14-8-4-7-13(9-14)11-21/h1-9,15-17,24H,10H2,(H2,22,23,25)/t15-,16-/m0/s1. The molecule has 25 heavy (non-hydrogen) atoms. The van der Waals surface area contributed by atoms with Gasteiger partial charge >= 0.3 is 6.03 Å². The van der Waals surface area contributed by atoms with Crippen LogP contribution < -0.4 is 10.6 Å². The number of anilines is 1. The van der Waals surface area contributed by atoms with E-state index in [1.54, 1.807) is 48.5 Å². The van der Waals surface area contributed by atoms with Crippen LogP contribution in [0, 0.1) is 11.3 Å². The normalized spacial score (nSPS) is 12.9. The molecule has 2 atom stereocenters. The molecule has 0 fully saturated rings. The molecule has 0 radical (unpaired) electrons. The minimum Gasteiger partial charge on any atom is -0.385 e. The van der Waals surface area contributed by atoms with E-state index in [1.807, 2.05) is 6.07 Å². The van der Waals surface area contributed by atoms with E-state index in [0.29, 0.717) is 16.8 Å². The van der Waals surface area contributed by atoms with Gasteiger partial charge in [0.25, 0.3) is 6.43 Å². The Labute approximate surface area is 143 Å². The van der Waals surface area contributed by atoms with E-state index in [4.69, 9.17) is 5.26 Å². The summed E-state index contributed by atoms with van der Waals surface area (Å²) >= 11 is 0. The van der Waals surface area contributed by atoms with E-state index in [1.165, 1.54) is 6.07 Å². The van der Waals surface area contributed by atoms with E-state index in [2.05, 4.69) is 10.6 Å². The SMILES string of the molecule is N#Cc1cccc(NC(=O)N[C@@H](Cc2ccccc2)[C@H](O)C(F)F)c1. The third-order valence-electron chi connectivity index (χ3n) is 3.53. The quantitative estimate of drug-likeness (QED) is 0.752. The summed E-state index contributed by atoms with van der Waals surface area (Å²) in [6.45, 7) is 0. The minimum absolute atomic E-state index is 0.0536. The Bertz CT molecular complexity index is 747. The Morgan fingerprint density at radius 1 is 1.16 bits per heavy atom. The highest BCUT2D eigenvalue weighted by Crippen LogP contribution is 2.13. The lowest BCUT2D eigenvalue weighted by Gasteiger charge is -2.24. The number of carbonyl (C=O) groups excluding carboxylic acids is 1. The van der Waals surface area contributed by atoms with Crippen LogP contribution in [-0.2, 0) is 6.42 Å². The zero-order valence-corrected chi connectivity index (χ0v) is 13.2. The molecule has 7 heteroatoms. The average Bonchev–Trinajstić information content (AvgIpc) is 2.61. The molecular formula is C18H17F2N3O2. The van der Waals surface area contributed by atoms with Gasteiger partial charge in [-0.05, 0) is 30.2 Å². The summed E-state index contributed by atoms with van der Waals surface area (Å²) in [6, 6.07) is 14.9. The highest BCUT2D eigenvalue weighted by molar-refractivity contribution is 5.89. The van der Waals surface area contributed by atoms with Gasteiger partial charge in [0.15, 0.2) is 0 Å². The van der Waals surface area contributed by atoms with Gasteiger partial charge in [-0.25, -0.2) is 13.6 Å². The van der Waals surface area contributed by atoms with Crippen LogP contribution in [-0.4, -0.2) is 29.7 Å². The van der Waals surface area contributed by atoms with E-state index in [-0.39, 0.29) is 6.42 Å². The number of benzene rings is 2. The molecule has 2 aromatic carbocycles. The maximum absolute atomic E-state index is 12.9. The van der Waals surface area contributed by atoms with Gasteiger partial charge in [0, 0.05) is 5.69 Å². The first-order chi connectivity index (χ1) is 12.0.